The van der Waals surface area contributed by atoms with E-state index in [-0.39, 0.29) is 12.3 Å². The number of carbonyl (C=O) groups is 1. The predicted molar refractivity (Wildman–Crippen MR) is 73.7 cm³/mol. The summed E-state index contributed by atoms with van der Waals surface area (Å²) in [6.07, 6.45) is 0.226. The lowest BCUT2D eigenvalue weighted by atomic mass is 10.0. The van der Waals surface area contributed by atoms with Gasteiger partial charge in [0.05, 0.1) is 0 Å². The van der Waals surface area contributed by atoms with Crippen molar-refractivity contribution in [3.63, 3.8) is 0 Å². The van der Waals surface area contributed by atoms with Gasteiger partial charge in [0.1, 0.15) is 0 Å². The fraction of sp³-hybridized carbons (Fsp3) is 0.333. The molecule has 1 aromatic carbocycles. The molecule has 92 valence electrons. The Kier molecular flexibility index (Phi) is 4.45. The molecule has 0 atom stereocenters. The average Bonchev–Trinajstić information content (AvgIpc) is 2.15. The van der Waals surface area contributed by atoms with Crippen LogP contribution in [0.25, 0.3) is 0 Å². The van der Waals surface area contributed by atoms with Gasteiger partial charge in [0.15, 0.2) is 5.11 Å². The van der Waals surface area contributed by atoms with Crippen molar-refractivity contribution in [2.45, 2.75) is 25.8 Å². The third-order valence-electron chi connectivity index (χ3n) is 2.10. The van der Waals surface area contributed by atoms with Gasteiger partial charge in [-0.25, -0.2) is 0 Å². The Hall–Kier alpha value is -1.62. The first kappa shape index (κ1) is 13.4. The molecule has 1 rings (SSSR count). The van der Waals surface area contributed by atoms with Gasteiger partial charge in [-0.2, -0.15) is 0 Å². The van der Waals surface area contributed by atoms with Gasteiger partial charge >= 0.3 is 0 Å². The van der Waals surface area contributed by atoms with Gasteiger partial charge in [0, 0.05) is 17.6 Å². The van der Waals surface area contributed by atoms with Crippen LogP contribution < -0.4 is 16.4 Å². The summed E-state index contributed by atoms with van der Waals surface area (Å²) in [6, 6.07) is 9.59. The zero-order valence-corrected chi connectivity index (χ0v) is 10.8. The summed E-state index contributed by atoms with van der Waals surface area (Å²) >= 11 is 5.16. The van der Waals surface area contributed by atoms with Gasteiger partial charge in [-0.15, -0.1) is 0 Å². The van der Waals surface area contributed by atoms with Gasteiger partial charge in [-0.05, 0) is 38.2 Å². The average molecular weight is 251 g/mol. The van der Waals surface area contributed by atoms with Gasteiger partial charge in [-0.3, -0.25) is 4.79 Å². The molecule has 0 aliphatic carbocycles. The summed E-state index contributed by atoms with van der Waals surface area (Å²) in [5, 5.41) is 6.57. The number of nitrogens with one attached hydrogen (secondary N) is 2. The van der Waals surface area contributed by atoms with E-state index in [1.807, 2.05) is 44.2 Å². The maximum absolute atomic E-state index is 10.9. The minimum Gasteiger partial charge on any atom is -0.370 e. The first-order valence-corrected chi connectivity index (χ1v) is 5.72. The highest BCUT2D eigenvalue weighted by molar-refractivity contribution is 7.80. The number of rotatable bonds is 4. The second-order valence-corrected chi connectivity index (χ2v) is 4.88. The van der Waals surface area contributed by atoms with Crippen LogP contribution in [0, 0.1) is 0 Å². The molecule has 0 aromatic heterocycles. The lowest BCUT2D eigenvalue weighted by molar-refractivity contribution is -0.119. The number of thiocarbonyl (C=S) groups is 1. The van der Waals surface area contributed by atoms with Crippen LogP contribution in [-0.2, 0) is 4.79 Å². The van der Waals surface area contributed by atoms with Crippen molar-refractivity contribution in [3.05, 3.63) is 30.3 Å². The van der Waals surface area contributed by atoms with Crippen molar-refractivity contribution in [2.75, 3.05) is 5.32 Å². The number of nitrogens with two attached hydrogens (primary N) is 1. The van der Waals surface area contributed by atoms with E-state index >= 15 is 0 Å². The Morgan fingerprint density at radius 3 is 2.47 bits per heavy atom. The monoisotopic (exact) mass is 251 g/mol. The van der Waals surface area contributed by atoms with Crippen molar-refractivity contribution in [3.8, 4) is 0 Å². The van der Waals surface area contributed by atoms with E-state index in [0.29, 0.717) is 5.11 Å². The van der Waals surface area contributed by atoms with E-state index in [1.54, 1.807) is 0 Å². The number of primary amides is 1. The van der Waals surface area contributed by atoms with Crippen LogP contribution in [0.5, 0.6) is 0 Å². The Morgan fingerprint density at radius 2 is 1.94 bits per heavy atom. The Balaban J connectivity index is 2.52. The molecule has 4 N–H and O–H groups in total. The van der Waals surface area contributed by atoms with Crippen LogP contribution >= 0.6 is 12.2 Å². The smallest absolute Gasteiger partial charge is 0.219 e. The van der Waals surface area contributed by atoms with Gasteiger partial charge in [-0.1, -0.05) is 18.2 Å². The topological polar surface area (TPSA) is 67.2 Å². The fourth-order valence-corrected chi connectivity index (χ4v) is 1.87. The SMILES string of the molecule is CC(C)(CC(N)=O)NC(=S)Nc1ccccc1. The number of hydrogen-bond acceptors (Lipinski definition) is 2. The molecule has 0 aliphatic rings. The van der Waals surface area contributed by atoms with Gasteiger partial charge < -0.3 is 16.4 Å². The number of amides is 1. The highest BCUT2D eigenvalue weighted by Gasteiger charge is 2.21. The van der Waals surface area contributed by atoms with Crippen LogP contribution in [0.15, 0.2) is 30.3 Å². The molecule has 4 nitrogen and oxygen atoms in total. The molecule has 0 saturated heterocycles. The molecule has 0 fully saturated rings. The van der Waals surface area contributed by atoms with E-state index in [9.17, 15) is 4.79 Å². The predicted octanol–water partition coefficient (Wildman–Crippen LogP) is 1.63. The second kappa shape index (κ2) is 5.63. The second-order valence-electron chi connectivity index (χ2n) is 4.47. The number of hydrogen-bond donors (Lipinski definition) is 3. The van der Waals surface area contributed by atoms with Crippen molar-refractivity contribution in [1.82, 2.24) is 5.32 Å². The fourth-order valence-electron chi connectivity index (χ4n) is 1.47. The molecule has 0 saturated carbocycles. The third-order valence-corrected chi connectivity index (χ3v) is 2.30. The number of carbonyl (C=O) groups excluding carboxylic acids is 1. The maximum atomic E-state index is 10.9. The molecular formula is C12H17N3OS. The Morgan fingerprint density at radius 1 is 1.35 bits per heavy atom. The molecule has 1 amide bonds. The summed E-state index contributed by atoms with van der Waals surface area (Å²) in [6.45, 7) is 3.74. The summed E-state index contributed by atoms with van der Waals surface area (Å²) < 4.78 is 0. The largest absolute Gasteiger partial charge is 0.370 e. The normalized spacial score (nSPS) is 10.7. The third kappa shape index (κ3) is 5.31. The first-order chi connectivity index (χ1) is 7.89. The van der Waals surface area contributed by atoms with Crippen LogP contribution in [0.2, 0.25) is 0 Å². The molecule has 0 bridgehead atoms. The van der Waals surface area contributed by atoms with E-state index < -0.39 is 5.54 Å². The number of benzene rings is 1. The number of anilines is 1. The van der Waals surface area contributed by atoms with Crippen molar-refractivity contribution < 1.29 is 4.79 Å². The van der Waals surface area contributed by atoms with Crippen molar-refractivity contribution in [2.24, 2.45) is 5.73 Å². The summed E-state index contributed by atoms with van der Waals surface area (Å²) in [4.78, 5) is 10.9. The molecule has 0 radical (unpaired) electrons. The summed E-state index contributed by atoms with van der Waals surface area (Å²) in [7, 11) is 0. The van der Waals surface area contributed by atoms with E-state index in [0.717, 1.165) is 5.69 Å². The molecule has 0 spiro atoms. The van der Waals surface area contributed by atoms with Crippen LogP contribution in [0.1, 0.15) is 20.3 Å². The number of para-hydroxylation sites is 1. The van der Waals surface area contributed by atoms with Gasteiger partial charge in [0.25, 0.3) is 0 Å². The van der Waals surface area contributed by atoms with E-state index in [1.165, 1.54) is 0 Å². The van der Waals surface area contributed by atoms with Crippen LogP contribution in [0.3, 0.4) is 0 Å². The minimum atomic E-state index is -0.454. The molecule has 0 unspecified atom stereocenters. The lowest BCUT2D eigenvalue weighted by Gasteiger charge is -2.26. The molecular weight excluding hydrogens is 234 g/mol. The van der Waals surface area contributed by atoms with Crippen LogP contribution in [0.4, 0.5) is 5.69 Å². The Bertz CT molecular complexity index is 403. The molecule has 0 aliphatic heterocycles. The zero-order chi connectivity index (χ0) is 12.9. The van der Waals surface area contributed by atoms with E-state index in [4.69, 9.17) is 18.0 Å². The zero-order valence-electron chi connectivity index (χ0n) is 9.99. The first-order valence-electron chi connectivity index (χ1n) is 5.31. The standard InChI is InChI=1S/C12H17N3OS/c1-12(2,8-10(13)16)15-11(17)14-9-6-4-3-5-7-9/h3-7H,8H2,1-2H3,(H2,13,16)(H2,14,15,17). The highest BCUT2D eigenvalue weighted by atomic mass is 32.1. The minimum absolute atomic E-state index is 0.226. The summed E-state index contributed by atoms with van der Waals surface area (Å²) in [5.41, 5.74) is 5.61. The molecule has 5 heteroatoms. The Labute approximate surface area is 107 Å². The van der Waals surface area contributed by atoms with Crippen LogP contribution in [-0.4, -0.2) is 16.6 Å². The molecule has 1 aromatic rings. The maximum Gasteiger partial charge on any atom is 0.219 e. The lowest BCUT2D eigenvalue weighted by Crippen LogP contribution is -2.47. The van der Waals surface area contributed by atoms with Gasteiger partial charge in [0.2, 0.25) is 5.91 Å². The van der Waals surface area contributed by atoms with Crippen molar-refractivity contribution in [1.29, 1.82) is 0 Å². The molecule has 0 heterocycles. The summed E-state index contributed by atoms with van der Waals surface area (Å²) in [5.74, 6) is -0.356. The molecule has 17 heavy (non-hydrogen) atoms. The van der Waals surface area contributed by atoms with E-state index in [2.05, 4.69) is 10.6 Å². The highest BCUT2D eigenvalue weighted by Crippen LogP contribution is 2.09. The van der Waals surface area contributed by atoms with Crippen molar-refractivity contribution >= 4 is 28.9 Å². The quantitative estimate of drug-likeness (QED) is 0.711.